The maximum absolute atomic E-state index is 14.2. The third-order valence-corrected chi connectivity index (χ3v) is 8.98. The summed E-state index contributed by atoms with van der Waals surface area (Å²) in [5.74, 6) is -0.0619. The molecule has 0 spiro atoms. The number of fused-ring (bicyclic) bond motifs is 1. The minimum absolute atomic E-state index is 0.0485. The summed E-state index contributed by atoms with van der Waals surface area (Å²) in [6.45, 7) is 1.63. The van der Waals surface area contributed by atoms with Crippen LogP contribution in [0.4, 0.5) is 5.69 Å². The maximum atomic E-state index is 14.2. The number of amides is 2. The quantitative estimate of drug-likeness (QED) is 0.222. The molecular weight excluding hydrogens is 554 g/mol. The minimum atomic E-state index is -2.76. The van der Waals surface area contributed by atoms with Crippen molar-refractivity contribution in [3.05, 3.63) is 71.8 Å². The molecule has 3 N–H and O–H groups in total. The van der Waals surface area contributed by atoms with Crippen molar-refractivity contribution in [1.82, 2.24) is 9.80 Å². The van der Waals surface area contributed by atoms with Gasteiger partial charge in [0.2, 0.25) is 11.8 Å². The molecule has 0 radical (unpaired) electrons. The molecule has 3 atom stereocenters. The first-order valence-corrected chi connectivity index (χ1v) is 15.3. The number of nitrogens with two attached hydrogens (primary N) is 1. The van der Waals surface area contributed by atoms with Crippen LogP contribution < -0.4 is 14.8 Å². The lowest BCUT2D eigenvalue weighted by Gasteiger charge is -2.43. The first-order chi connectivity index (χ1) is 20.3. The number of nitrogens with zero attached hydrogens (tertiary/aromatic N) is 3. The number of methoxy groups -OCH3 is 1. The monoisotopic (exact) mass is 590 g/mol. The second kappa shape index (κ2) is 12.9. The van der Waals surface area contributed by atoms with Crippen LogP contribution in [0.25, 0.3) is 10.8 Å². The highest BCUT2D eigenvalue weighted by atomic mass is 32.2. The van der Waals surface area contributed by atoms with Crippen LogP contribution >= 0.6 is 0 Å². The van der Waals surface area contributed by atoms with Crippen LogP contribution in [-0.2, 0) is 27.3 Å². The molecule has 3 aromatic carbocycles. The smallest absolute Gasteiger partial charge is 0.247 e. The van der Waals surface area contributed by atoms with E-state index in [4.69, 9.17) is 15.9 Å². The number of nitrogens with one attached hydrogen (secondary N) is 1. The van der Waals surface area contributed by atoms with Crippen molar-refractivity contribution in [3.63, 3.8) is 0 Å². The van der Waals surface area contributed by atoms with Crippen molar-refractivity contribution in [2.24, 2.45) is 5.73 Å². The van der Waals surface area contributed by atoms with Gasteiger partial charge in [0.05, 0.1) is 12.8 Å². The van der Waals surface area contributed by atoms with Gasteiger partial charge in [0, 0.05) is 54.3 Å². The SMILES string of the molecule is COc1cc(N(C2CCCN(C(Cc3ccc(C(=N)N)cc3)C(=O)N3CCCCC3)C2=O)S(=O)[O-])cc2ccccc12. The molecule has 10 nitrogen and oxygen atoms in total. The number of hydrogen-bond donors (Lipinski definition) is 2. The minimum Gasteiger partial charge on any atom is -0.755 e. The number of nitrogen functional groups attached to an aromatic ring is 1. The van der Waals surface area contributed by atoms with Gasteiger partial charge in [-0.1, -0.05) is 48.5 Å². The number of amidine groups is 1. The Hall–Kier alpha value is -3.96. The van der Waals surface area contributed by atoms with E-state index in [1.807, 2.05) is 41.3 Å². The Labute approximate surface area is 248 Å². The third-order valence-electron chi connectivity index (χ3n) is 8.19. The van der Waals surface area contributed by atoms with Crippen molar-refractivity contribution in [3.8, 4) is 5.75 Å². The van der Waals surface area contributed by atoms with Crippen molar-refractivity contribution in [1.29, 1.82) is 5.41 Å². The highest BCUT2D eigenvalue weighted by Gasteiger charge is 2.41. The average molecular weight is 591 g/mol. The van der Waals surface area contributed by atoms with Crippen LogP contribution in [0.5, 0.6) is 5.75 Å². The van der Waals surface area contributed by atoms with E-state index in [9.17, 15) is 18.4 Å². The number of ether oxygens (including phenoxy) is 1. The Morgan fingerprint density at radius 1 is 1.10 bits per heavy atom. The summed E-state index contributed by atoms with van der Waals surface area (Å²) in [7, 11) is 1.53. The van der Waals surface area contributed by atoms with E-state index in [1.165, 1.54) is 7.11 Å². The lowest BCUT2D eigenvalue weighted by Crippen LogP contribution is -2.60. The Bertz CT molecular complexity index is 1490. The second-order valence-corrected chi connectivity index (χ2v) is 11.6. The van der Waals surface area contributed by atoms with Gasteiger partial charge < -0.3 is 24.8 Å². The van der Waals surface area contributed by atoms with Gasteiger partial charge >= 0.3 is 0 Å². The van der Waals surface area contributed by atoms with Gasteiger partial charge in [-0.2, -0.15) is 0 Å². The van der Waals surface area contributed by atoms with Crippen LogP contribution in [0, 0.1) is 5.41 Å². The fraction of sp³-hybridized carbons (Fsp3) is 0.387. The summed E-state index contributed by atoms with van der Waals surface area (Å²) < 4.78 is 32.1. The molecule has 11 heteroatoms. The van der Waals surface area contributed by atoms with Crippen molar-refractivity contribution >= 4 is 45.4 Å². The number of likely N-dealkylation sites (tertiary alicyclic amines) is 2. The summed E-state index contributed by atoms with van der Waals surface area (Å²) in [4.78, 5) is 31.5. The zero-order chi connectivity index (χ0) is 29.8. The molecule has 0 aliphatic carbocycles. The molecule has 0 bridgehead atoms. The molecule has 2 heterocycles. The summed E-state index contributed by atoms with van der Waals surface area (Å²) in [6, 6.07) is 16.2. The first-order valence-electron chi connectivity index (χ1n) is 14.3. The number of benzene rings is 3. The van der Waals surface area contributed by atoms with E-state index in [1.54, 1.807) is 29.2 Å². The van der Waals surface area contributed by atoms with E-state index < -0.39 is 29.3 Å². The molecule has 0 aromatic heterocycles. The second-order valence-electron chi connectivity index (χ2n) is 10.8. The summed E-state index contributed by atoms with van der Waals surface area (Å²) in [5, 5.41) is 9.30. The highest BCUT2D eigenvalue weighted by Crippen LogP contribution is 2.35. The Morgan fingerprint density at radius 3 is 2.48 bits per heavy atom. The van der Waals surface area contributed by atoms with Gasteiger partial charge in [0.1, 0.15) is 23.7 Å². The molecule has 2 saturated heterocycles. The predicted octanol–water partition coefficient (Wildman–Crippen LogP) is 3.35. The van der Waals surface area contributed by atoms with Gasteiger partial charge in [-0.3, -0.25) is 23.5 Å². The number of carbonyl (C=O) groups is 2. The third kappa shape index (κ3) is 6.12. The molecule has 3 aromatic rings. The predicted molar refractivity (Wildman–Crippen MR) is 162 cm³/mol. The number of piperidine rings is 2. The maximum Gasteiger partial charge on any atom is 0.247 e. The van der Waals surface area contributed by atoms with Crippen molar-refractivity contribution in [2.45, 2.75) is 50.6 Å². The Balaban J connectivity index is 1.49. The molecule has 2 amide bonds. The lowest BCUT2D eigenvalue weighted by molar-refractivity contribution is -0.148. The molecular formula is C31H36N5O5S-. The van der Waals surface area contributed by atoms with Crippen LogP contribution in [0.1, 0.15) is 43.2 Å². The standard InChI is InChI=1S/C31H37N5O5S/c1-41-28-20-24(19-23-8-3-4-9-25(23)28)36(42(39)40)26-10-7-17-35(31(26)38)27(30(37)34-15-5-2-6-16-34)18-21-11-13-22(14-12-21)29(32)33/h3-4,8-9,11-14,19-20,26-27H,2,5-7,10,15-18H2,1H3,(H3,32,33)(H,39,40)/p-1. The largest absolute Gasteiger partial charge is 0.755 e. The average Bonchev–Trinajstić information content (AvgIpc) is 3.00. The van der Waals surface area contributed by atoms with Crippen molar-refractivity contribution < 1.29 is 23.1 Å². The molecule has 5 rings (SSSR count). The van der Waals surface area contributed by atoms with E-state index in [0.29, 0.717) is 49.5 Å². The normalized spacial score (nSPS) is 18.9. The Kier molecular flexibility index (Phi) is 9.08. The van der Waals surface area contributed by atoms with Gasteiger partial charge in [0.15, 0.2) is 0 Å². The number of carbonyl (C=O) groups excluding carboxylic acids is 2. The zero-order valence-electron chi connectivity index (χ0n) is 23.7. The van der Waals surface area contributed by atoms with E-state index in [2.05, 4.69) is 0 Å². The molecule has 2 aliphatic rings. The molecule has 3 unspecified atom stereocenters. The Morgan fingerprint density at radius 2 is 1.81 bits per heavy atom. The fourth-order valence-corrected chi connectivity index (χ4v) is 6.71. The number of rotatable bonds is 9. The van der Waals surface area contributed by atoms with Gasteiger partial charge in [-0.05, 0) is 49.1 Å². The molecule has 2 aliphatic heterocycles. The summed E-state index contributed by atoms with van der Waals surface area (Å²) in [5.41, 5.74) is 7.35. The molecule has 42 heavy (non-hydrogen) atoms. The van der Waals surface area contributed by atoms with E-state index in [0.717, 1.165) is 39.9 Å². The summed E-state index contributed by atoms with van der Waals surface area (Å²) >= 11 is -2.76. The fourth-order valence-electron chi connectivity index (χ4n) is 6.03. The number of hydrogen-bond acceptors (Lipinski definition) is 6. The van der Waals surface area contributed by atoms with Gasteiger partial charge in [-0.15, -0.1) is 0 Å². The van der Waals surface area contributed by atoms with Crippen molar-refractivity contribution in [2.75, 3.05) is 31.0 Å². The van der Waals surface area contributed by atoms with Crippen LogP contribution in [-0.4, -0.2) is 75.0 Å². The number of anilines is 1. The first kappa shape index (κ1) is 29.5. The van der Waals surface area contributed by atoms with Gasteiger partial charge in [0.25, 0.3) is 0 Å². The van der Waals surface area contributed by atoms with E-state index >= 15 is 0 Å². The van der Waals surface area contributed by atoms with E-state index in [-0.39, 0.29) is 18.2 Å². The molecule has 2 fully saturated rings. The lowest BCUT2D eigenvalue weighted by atomic mass is 9.96. The molecule has 0 saturated carbocycles. The zero-order valence-corrected chi connectivity index (χ0v) is 24.5. The van der Waals surface area contributed by atoms with Crippen LogP contribution in [0.2, 0.25) is 0 Å². The van der Waals surface area contributed by atoms with Crippen LogP contribution in [0.3, 0.4) is 0 Å². The van der Waals surface area contributed by atoms with Crippen LogP contribution in [0.15, 0.2) is 60.7 Å². The van der Waals surface area contributed by atoms with Gasteiger partial charge in [-0.25, -0.2) is 0 Å². The highest BCUT2D eigenvalue weighted by molar-refractivity contribution is 7.80. The molecule has 222 valence electrons. The summed E-state index contributed by atoms with van der Waals surface area (Å²) in [6.07, 6.45) is 4.03. The topological polar surface area (TPSA) is 143 Å².